The van der Waals surface area contributed by atoms with Crippen molar-refractivity contribution in [2.75, 3.05) is 7.11 Å². The molecule has 1 rings (SSSR count). The number of carboxylic acids is 1. The molecule has 0 radical (unpaired) electrons. The van der Waals surface area contributed by atoms with Gasteiger partial charge in [0.2, 0.25) is 0 Å². The van der Waals surface area contributed by atoms with Crippen LogP contribution in [-0.2, 0) is 14.3 Å². The Labute approximate surface area is 108 Å². The number of methoxy groups -OCH3 is 1. The van der Waals surface area contributed by atoms with E-state index in [1.165, 1.54) is 25.3 Å². The Morgan fingerprint density at radius 2 is 2.00 bits per heavy atom. The van der Waals surface area contributed by atoms with E-state index in [0.717, 1.165) is 0 Å². The number of carboxylic acid groups (broad SMARTS) is 1. The molecule has 17 heavy (non-hydrogen) atoms. The van der Waals surface area contributed by atoms with Crippen LogP contribution >= 0.6 is 23.2 Å². The standard InChI is InChI=1S/C11H10Cl2O4/c1-17-11(16)7(5-10(14)15)6-2-3-8(12)9(13)4-6/h2-4,7H,5H2,1H3,(H,14,15)/p-1. The van der Waals surface area contributed by atoms with Crippen molar-refractivity contribution in [1.29, 1.82) is 0 Å². The summed E-state index contributed by atoms with van der Waals surface area (Å²) in [5.74, 6) is -2.95. The maximum absolute atomic E-state index is 11.5. The summed E-state index contributed by atoms with van der Waals surface area (Å²) < 4.78 is 4.53. The largest absolute Gasteiger partial charge is 0.550 e. The van der Waals surface area contributed by atoms with Gasteiger partial charge in [0, 0.05) is 12.4 Å². The summed E-state index contributed by atoms with van der Waals surface area (Å²) in [6, 6.07) is 4.46. The lowest BCUT2D eigenvalue weighted by molar-refractivity contribution is -0.306. The van der Waals surface area contributed by atoms with E-state index in [4.69, 9.17) is 23.2 Å². The highest BCUT2D eigenvalue weighted by molar-refractivity contribution is 6.42. The van der Waals surface area contributed by atoms with E-state index in [9.17, 15) is 14.7 Å². The number of rotatable bonds is 4. The van der Waals surface area contributed by atoms with Gasteiger partial charge < -0.3 is 14.6 Å². The third-order valence-corrected chi connectivity index (χ3v) is 2.94. The van der Waals surface area contributed by atoms with Crippen LogP contribution in [0.2, 0.25) is 10.0 Å². The van der Waals surface area contributed by atoms with Crippen LogP contribution in [0.4, 0.5) is 0 Å². The first-order chi connectivity index (χ1) is 7.95. The number of ether oxygens (including phenoxy) is 1. The summed E-state index contributed by atoms with van der Waals surface area (Å²) >= 11 is 11.5. The minimum Gasteiger partial charge on any atom is -0.550 e. The van der Waals surface area contributed by atoms with Crippen LogP contribution < -0.4 is 5.11 Å². The molecule has 1 aromatic carbocycles. The monoisotopic (exact) mass is 275 g/mol. The Morgan fingerprint density at radius 3 is 2.47 bits per heavy atom. The van der Waals surface area contributed by atoms with Gasteiger partial charge in [0.05, 0.1) is 23.1 Å². The van der Waals surface area contributed by atoms with Crippen LogP contribution in [-0.4, -0.2) is 19.0 Å². The van der Waals surface area contributed by atoms with E-state index in [1.807, 2.05) is 0 Å². The number of carbonyl (C=O) groups excluding carboxylic acids is 2. The Balaban J connectivity index is 3.07. The normalized spacial score (nSPS) is 11.9. The predicted octanol–water partition coefficient (Wildman–Crippen LogP) is 1.39. The van der Waals surface area contributed by atoms with Gasteiger partial charge in [-0.1, -0.05) is 29.3 Å². The summed E-state index contributed by atoms with van der Waals surface area (Å²) in [5, 5.41) is 11.2. The Morgan fingerprint density at radius 1 is 1.35 bits per heavy atom. The van der Waals surface area contributed by atoms with E-state index in [0.29, 0.717) is 10.6 Å². The highest BCUT2D eigenvalue weighted by Crippen LogP contribution is 2.28. The van der Waals surface area contributed by atoms with E-state index in [1.54, 1.807) is 0 Å². The molecule has 0 aliphatic carbocycles. The summed E-state index contributed by atoms with van der Waals surface area (Å²) in [5.41, 5.74) is 0.426. The zero-order valence-corrected chi connectivity index (χ0v) is 10.4. The Kier molecular flexibility index (Phi) is 4.78. The minimum absolute atomic E-state index is 0.247. The molecule has 1 unspecified atom stereocenters. The molecule has 0 spiro atoms. The molecule has 0 amide bonds. The van der Waals surface area contributed by atoms with E-state index >= 15 is 0 Å². The number of hydrogen-bond acceptors (Lipinski definition) is 4. The molecule has 4 nitrogen and oxygen atoms in total. The van der Waals surface area contributed by atoms with E-state index in [-0.39, 0.29) is 5.02 Å². The zero-order valence-electron chi connectivity index (χ0n) is 8.91. The molecular formula is C11H9Cl2O4-. The van der Waals surface area contributed by atoms with Crippen LogP contribution in [0.25, 0.3) is 0 Å². The van der Waals surface area contributed by atoms with Crippen molar-refractivity contribution in [3.05, 3.63) is 33.8 Å². The highest BCUT2D eigenvalue weighted by atomic mass is 35.5. The van der Waals surface area contributed by atoms with Gasteiger partial charge in [-0.25, -0.2) is 0 Å². The molecule has 0 aromatic heterocycles. The smallest absolute Gasteiger partial charge is 0.313 e. The molecule has 0 saturated carbocycles. The molecule has 0 aliphatic heterocycles. The van der Waals surface area contributed by atoms with Gasteiger partial charge in [0.1, 0.15) is 0 Å². The van der Waals surface area contributed by atoms with E-state index in [2.05, 4.69) is 4.74 Å². The van der Waals surface area contributed by atoms with Crippen LogP contribution in [0, 0.1) is 0 Å². The van der Waals surface area contributed by atoms with Crippen LogP contribution in [0.1, 0.15) is 17.9 Å². The van der Waals surface area contributed by atoms with Crippen LogP contribution in [0.15, 0.2) is 18.2 Å². The maximum atomic E-state index is 11.5. The highest BCUT2D eigenvalue weighted by Gasteiger charge is 2.22. The van der Waals surface area contributed by atoms with Gasteiger partial charge in [-0.05, 0) is 17.7 Å². The second-order valence-electron chi connectivity index (χ2n) is 3.33. The van der Waals surface area contributed by atoms with Gasteiger partial charge in [-0.2, -0.15) is 0 Å². The van der Waals surface area contributed by atoms with Crippen molar-refractivity contribution in [3.63, 3.8) is 0 Å². The fraction of sp³-hybridized carbons (Fsp3) is 0.273. The first kappa shape index (κ1) is 13.8. The molecule has 92 valence electrons. The van der Waals surface area contributed by atoms with Gasteiger partial charge >= 0.3 is 5.97 Å². The summed E-state index contributed by atoms with van der Waals surface area (Å²) in [4.78, 5) is 22.0. The lowest BCUT2D eigenvalue weighted by Crippen LogP contribution is -2.28. The fourth-order valence-electron chi connectivity index (χ4n) is 1.38. The lowest BCUT2D eigenvalue weighted by Gasteiger charge is -2.16. The molecule has 0 bridgehead atoms. The molecule has 0 heterocycles. The maximum Gasteiger partial charge on any atom is 0.313 e. The number of halogens is 2. The average Bonchev–Trinajstić information content (AvgIpc) is 2.28. The first-order valence-electron chi connectivity index (χ1n) is 4.68. The summed E-state index contributed by atoms with van der Waals surface area (Å²) in [6.07, 6.45) is -0.468. The molecule has 0 aliphatic rings. The molecule has 1 atom stereocenters. The van der Waals surface area contributed by atoms with Crippen LogP contribution in [0.5, 0.6) is 0 Å². The first-order valence-corrected chi connectivity index (χ1v) is 5.44. The number of carbonyl (C=O) groups is 2. The second kappa shape index (κ2) is 5.89. The molecule has 0 fully saturated rings. The summed E-state index contributed by atoms with van der Waals surface area (Å²) in [7, 11) is 1.18. The third kappa shape index (κ3) is 3.61. The van der Waals surface area contributed by atoms with Crippen molar-refractivity contribution in [2.45, 2.75) is 12.3 Å². The van der Waals surface area contributed by atoms with E-state index < -0.39 is 24.3 Å². The van der Waals surface area contributed by atoms with Crippen molar-refractivity contribution >= 4 is 35.1 Å². The topological polar surface area (TPSA) is 66.4 Å². The number of benzene rings is 1. The SMILES string of the molecule is COC(=O)C(CC(=O)[O-])c1ccc(Cl)c(Cl)c1. The fourth-order valence-corrected chi connectivity index (χ4v) is 1.68. The number of hydrogen-bond donors (Lipinski definition) is 0. The van der Waals surface area contributed by atoms with Gasteiger partial charge in [0.15, 0.2) is 0 Å². The predicted molar refractivity (Wildman–Crippen MR) is 60.8 cm³/mol. The molecule has 6 heteroatoms. The third-order valence-electron chi connectivity index (χ3n) is 2.20. The molecule has 0 N–H and O–H groups in total. The summed E-state index contributed by atoms with van der Waals surface area (Å²) in [6.45, 7) is 0. The van der Waals surface area contributed by atoms with Gasteiger partial charge in [-0.15, -0.1) is 0 Å². The van der Waals surface area contributed by atoms with Crippen molar-refractivity contribution < 1.29 is 19.4 Å². The molecule has 0 saturated heterocycles. The Hall–Kier alpha value is -1.26. The van der Waals surface area contributed by atoms with Crippen LogP contribution in [0.3, 0.4) is 0 Å². The minimum atomic E-state index is -1.34. The second-order valence-corrected chi connectivity index (χ2v) is 4.14. The lowest BCUT2D eigenvalue weighted by atomic mass is 9.96. The number of aliphatic carboxylic acids is 1. The van der Waals surface area contributed by atoms with Crippen molar-refractivity contribution in [3.8, 4) is 0 Å². The zero-order chi connectivity index (χ0) is 13.0. The Bertz CT molecular complexity index is 445. The van der Waals surface area contributed by atoms with Gasteiger partial charge in [0.25, 0.3) is 0 Å². The molecular weight excluding hydrogens is 267 g/mol. The number of esters is 1. The quantitative estimate of drug-likeness (QED) is 0.779. The van der Waals surface area contributed by atoms with Crippen molar-refractivity contribution in [2.24, 2.45) is 0 Å². The average molecular weight is 276 g/mol. The molecule has 1 aromatic rings. The van der Waals surface area contributed by atoms with Gasteiger partial charge in [-0.3, -0.25) is 4.79 Å². The van der Waals surface area contributed by atoms with Crippen molar-refractivity contribution in [1.82, 2.24) is 0 Å².